The lowest BCUT2D eigenvalue weighted by Gasteiger charge is -2.06. The number of amides is 1. The van der Waals surface area contributed by atoms with Gasteiger partial charge in [0.05, 0.1) is 5.69 Å². The average Bonchev–Trinajstić information content (AvgIpc) is 2.65. The van der Waals surface area contributed by atoms with Crippen molar-refractivity contribution in [3.05, 3.63) is 47.3 Å². The molecule has 0 bridgehead atoms. The average molecular weight is 244 g/mol. The molecule has 0 atom stereocenters. The minimum Gasteiger partial charge on any atom is -0.381 e. The molecule has 2 aromatic rings. The summed E-state index contributed by atoms with van der Waals surface area (Å²) >= 11 is 0. The lowest BCUT2D eigenvalue weighted by molar-refractivity contribution is 0.100. The van der Waals surface area contributed by atoms with Crippen LogP contribution in [0.25, 0.3) is 0 Å². The summed E-state index contributed by atoms with van der Waals surface area (Å²) in [5, 5.41) is 7.52. The zero-order valence-corrected chi connectivity index (χ0v) is 10.5. The van der Waals surface area contributed by atoms with Crippen LogP contribution in [0.2, 0.25) is 0 Å². The van der Waals surface area contributed by atoms with Crippen molar-refractivity contribution < 1.29 is 4.79 Å². The van der Waals surface area contributed by atoms with E-state index in [2.05, 4.69) is 10.4 Å². The minimum absolute atomic E-state index is 0.420. The van der Waals surface area contributed by atoms with Gasteiger partial charge in [-0.3, -0.25) is 9.48 Å². The van der Waals surface area contributed by atoms with Crippen molar-refractivity contribution in [1.82, 2.24) is 9.78 Å². The highest BCUT2D eigenvalue weighted by Gasteiger charge is 2.04. The maximum atomic E-state index is 11.1. The Hall–Kier alpha value is -2.30. The van der Waals surface area contributed by atoms with Crippen molar-refractivity contribution in [3.63, 3.8) is 0 Å². The van der Waals surface area contributed by atoms with Crippen molar-refractivity contribution in [2.24, 2.45) is 12.8 Å². The van der Waals surface area contributed by atoms with Crippen LogP contribution in [-0.2, 0) is 13.6 Å². The molecule has 0 aliphatic carbocycles. The molecule has 0 aliphatic heterocycles. The van der Waals surface area contributed by atoms with Crippen molar-refractivity contribution >= 4 is 11.6 Å². The third kappa shape index (κ3) is 2.68. The second-order valence-electron chi connectivity index (χ2n) is 4.21. The summed E-state index contributed by atoms with van der Waals surface area (Å²) in [6.07, 6.45) is 1.97. The summed E-state index contributed by atoms with van der Waals surface area (Å²) in [6, 6.07) is 7.15. The number of aromatic nitrogens is 2. The molecule has 5 nitrogen and oxygen atoms in total. The molecular formula is C13H16N4O. The maximum absolute atomic E-state index is 11.1. The molecule has 0 radical (unpaired) electrons. The Morgan fingerprint density at radius 1 is 1.50 bits per heavy atom. The highest BCUT2D eigenvalue weighted by atomic mass is 16.1. The number of carbonyl (C=O) groups excluding carboxylic acids is 1. The number of benzene rings is 1. The molecule has 0 fully saturated rings. The number of primary amides is 1. The van der Waals surface area contributed by atoms with Gasteiger partial charge < -0.3 is 11.1 Å². The second kappa shape index (κ2) is 4.91. The predicted octanol–water partition coefficient (Wildman–Crippen LogP) is 1.44. The molecule has 0 unspecified atom stereocenters. The van der Waals surface area contributed by atoms with Gasteiger partial charge in [0, 0.05) is 36.6 Å². The van der Waals surface area contributed by atoms with Crippen LogP contribution in [0.1, 0.15) is 21.6 Å². The predicted molar refractivity (Wildman–Crippen MR) is 70.2 cm³/mol. The Morgan fingerprint density at radius 3 is 2.89 bits per heavy atom. The number of carbonyl (C=O) groups is 1. The van der Waals surface area contributed by atoms with Gasteiger partial charge in [0.15, 0.2) is 0 Å². The molecule has 1 aromatic heterocycles. The number of aryl methyl sites for hydroxylation is 2. The van der Waals surface area contributed by atoms with Crippen LogP contribution in [0.3, 0.4) is 0 Å². The normalized spacial score (nSPS) is 10.3. The Balaban J connectivity index is 2.08. The number of hydrogen-bond donors (Lipinski definition) is 2. The van der Waals surface area contributed by atoms with Gasteiger partial charge in [0.1, 0.15) is 0 Å². The van der Waals surface area contributed by atoms with E-state index in [9.17, 15) is 4.79 Å². The van der Waals surface area contributed by atoms with Gasteiger partial charge in [-0.15, -0.1) is 0 Å². The van der Waals surface area contributed by atoms with Crippen LogP contribution in [0.15, 0.2) is 30.5 Å². The molecule has 0 saturated carbocycles. The van der Waals surface area contributed by atoms with Gasteiger partial charge in [0.25, 0.3) is 0 Å². The van der Waals surface area contributed by atoms with Crippen LogP contribution in [0.5, 0.6) is 0 Å². The molecule has 94 valence electrons. The van der Waals surface area contributed by atoms with Crippen molar-refractivity contribution in [3.8, 4) is 0 Å². The second-order valence-corrected chi connectivity index (χ2v) is 4.21. The Labute approximate surface area is 106 Å². The van der Waals surface area contributed by atoms with E-state index in [-0.39, 0.29) is 0 Å². The minimum atomic E-state index is -0.420. The van der Waals surface area contributed by atoms with E-state index < -0.39 is 5.91 Å². The molecule has 5 heteroatoms. The van der Waals surface area contributed by atoms with E-state index in [0.29, 0.717) is 12.1 Å². The maximum Gasteiger partial charge on any atom is 0.248 e. The van der Waals surface area contributed by atoms with Gasteiger partial charge >= 0.3 is 0 Å². The highest BCUT2D eigenvalue weighted by molar-refractivity contribution is 5.93. The molecule has 0 aliphatic rings. The molecule has 1 aromatic carbocycles. The first kappa shape index (κ1) is 12.2. The summed E-state index contributed by atoms with van der Waals surface area (Å²) < 4.78 is 1.78. The molecule has 0 spiro atoms. The fourth-order valence-corrected chi connectivity index (χ4v) is 1.80. The van der Waals surface area contributed by atoms with Gasteiger partial charge in [0.2, 0.25) is 5.91 Å². The lowest BCUT2D eigenvalue weighted by atomic mass is 10.2. The molecule has 2 rings (SSSR count). The monoisotopic (exact) mass is 244 g/mol. The van der Waals surface area contributed by atoms with Gasteiger partial charge in [-0.05, 0) is 25.1 Å². The summed E-state index contributed by atoms with van der Waals surface area (Å²) in [7, 11) is 1.89. The number of anilines is 1. The lowest BCUT2D eigenvalue weighted by Crippen LogP contribution is -2.11. The van der Waals surface area contributed by atoms with Crippen LogP contribution in [0.4, 0.5) is 5.69 Å². The van der Waals surface area contributed by atoms with E-state index in [1.807, 2.05) is 26.2 Å². The van der Waals surface area contributed by atoms with Crippen molar-refractivity contribution in [2.45, 2.75) is 13.5 Å². The topological polar surface area (TPSA) is 72.9 Å². The van der Waals surface area contributed by atoms with Gasteiger partial charge in [-0.25, -0.2) is 0 Å². The molecular weight excluding hydrogens is 228 g/mol. The first-order chi connectivity index (χ1) is 8.56. The first-order valence-electron chi connectivity index (χ1n) is 5.69. The van der Waals surface area contributed by atoms with Crippen LogP contribution in [-0.4, -0.2) is 15.7 Å². The molecule has 1 heterocycles. The largest absolute Gasteiger partial charge is 0.381 e. The third-order valence-corrected chi connectivity index (χ3v) is 2.75. The van der Waals surface area contributed by atoms with Crippen LogP contribution in [0, 0.1) is 6.92 Å². The van der Waals surface area contributed by atoms with E-state index >= 15 is 0 Å². The number of nitrogens with two attached hydrogens (primary N) is 1. The smallest absolute Gasteiger partial charge is 0.248 e. The van der Waals surface area contributed by atoms with E-state index in [1.165, 1.54) is 0 Å². The summed E-state index contributed by atoms with van der Waals surface area (Å²) in [5.74, 6) is -0.420. The number of rotatable bonds is 4. The van der Waals surface area contributed by atoms with Crippen LogP contribution < -0.4 is 11.1 Å². The fourth-order valence-electron chi connectivity index (χ4n) is 1.80. The SMILES string of the molecule is Cc1nn(C)cc1CNc1cccc(C(N)=O)c1. The summed E-state index contributed by atoms with van der Waals surface area (Å²) in [5.41, 5.74) is 8.73. The Bertz CT molecular complexity index is 574. The quantitative estimate of drug-likeness (QED) is 0.854. The Morgan fingerprint density at radius 2 is 2.28 bits per heavy atom. The standard InChI is InChI=1S/C13H16N4O/c1-9-11(8-17(2)16-9)7-15-12-5-3-4-10(6-12)13(14)18/h3-6,8,15H,7H2,1-2H3,(H2,14,18). The first-order valence-corrected chi connectivity index (χ1v) is 5.69. The zero-order valence-electron chi connectivity index (χ0n) is 10.5. The molecule has 0 saturated heterocycles. The number of nitrogens with zero attached hydrogens (tertiary/aromatic N) is 2. The number of nitrogens with one attached hydrogen (secondary N) is 1. The van der Waals surface area contributed by atoms with Crippen LogP contribution >= 0.6 is 0 Å². The van der Waals surface area contributed by atoms with Crippen molar-refractivity contribution in [2.75, 3.05) is 5.32 Å². The van der Waals surface area contributed by atoms with E-state index in [0.717, 1.165) is 16.9 Å². The molecule has 1 amide bonds. The van der Waals surface area contributed by atoms with Crippen molar-refractivity contribution in [1.29, 1.82) is 0 Å². The Kier molecular flexibility index (Phi) is 3.32. The zero-order chi connectivity index (χ0) is 13.1. The summed E-state index contributed by atoms with van der Waals surface area (Å²) in [4.78, 5) is 11.1. The van der Waals surface area contributed by atoms with E-state index in [4.69, 9.17) is 5.73 Å². The fraction of sp³-hybridized carbons (Fsp3) is 0.231. The summed E-state index contributed by atoms with van der Waals surface area (Å²) in [6.45, 7) is 2.64. The van der Waals surface area contributed by atoms with Gasteiger partial charge in [-0.2, -0.15) is 5.10 Å². The molecule has 18 heavy (non-hydrogen) atoms. The van der Waals surface area contributed by atoms with E-state index in [1.54, 1.807) is 22.9 Å². The highest BCUT2D eigenvalue weighted by Crippen LogP contribution is 2.13. The molecule has 3 N–H and O–H groups in total. The third-order valence-electron chi connectivity index (χ3n) is 2.75. The number of hydrogen-bond acceptors (Lipinski definition) is 3. The van der Waals surface area contributed by atoms with Gasteiger partial charge in [-0.1, -0.05) is 6.07 Å².